The number of amides is 2. The fourth-order valence-corrected chi connectivity index (χ4v) is 2.50. The maximum absolute atomic E-state index is 12.3. The van der Waals surface area contributed by atoms with E-state index in [1.165, 1.54) is 11.1 Å². The van der Waals surface area contributed by atoms with Gasteiger partial charge in [-0.3, -0.25) is 9.59 Å². The Morgan fingerprint density at radius 2 is 1.86 bits per heavy atom. The Morgan fingerprint density at radius 3 is 2.50 bits per heavy atom. The fraction of sp³-hybridized carbons (Fsp3) is 0.529. The summed E-state index contributed by atoms with van der Waals surface area (Å²) in [4.78, 5) is 24.4. The highest BCUT2D eigenvalue weighted by molar-refractivity contribution is 5.90. The van der Waals surface area contributed by atoms with Gasteiger partial charge in [-0.1, -0.05) is 24.3 Å². The van der Waals surface area contributed by atoms with E-state index < -0.39 is 6.04 Å². The Labute approximate surface area is 131 Å². The fourth-order valence-electron chi connectivity index (χ4n) is 2.50. The number of carbonyl (C=O) groups excluding carboxylic acids is 2. The number of hydrogen-bond donors (Lipinski definition) is 3. The number of fused-ring (bicyclic) bond motifs is 1. The Morgan fingerprint density at radius 1 is 1.23 bits per heavy atom. The highest BCUT2D eigenvalue weighted by Gasteiger charge is 2.27. The molecule has 2 unspecified atom stereocenters. The molecule has 1 aliphatic heterocycles. The van der Waals surface area contributed by atoms with Crippen LogP contribution in [0.25, 0.3) is 0 Å². The predicted octanol–water partition coefficient (Wildman–Crippen LogP) is 1.12. The zero-order valence-corrected chi connectivity index (χ0v) is 13.7. The number of nitrogens with one attached hydrogen (secondary N) is 3. The number of rotatable bonds is 3. The molecule has 0 bridgehead atoms. The molecule has 5 nitrogen and oxygen atoms in total. The molecule has 2 rings (SSSR count). The van der Waals surface area contributed by atoms with Crippen LogP contribution in [0, 0.1) is 0 Å². The van der Waals surface area contributed by atoms with Gasteiger partial charge < -0.3 is 16.0 Å². The number of carbonyl (C=O) groups is 2. The molecular weight excluding hydrogens is 278 g/mol. The lowest BCUT2D eigenvalue weighted by Crippen LogP contribution is -2.55. The molecule has 120 valence electrons. The van der Waals surface area contributed by atoms with Gasteiger partial charge in [-0.15, -0.1) is 0 Å². The van der Waals surface area contributed by atoms with Crippen LogP contribution in [0.1, 0.15) is 38.8 Å². The third kappa shape index (κ3) is 4.31. The Kier molecular flexibility index (Phi) is 4.86. The van der Waals surface area contributed by atoms with Crippen molar-refractivity contribution < 1.29 is 9.59 Å². The van der Waals surface area contributed by atoms with Crippen LogP contribution in [-0.2, 0) is 22.6 Å². The van der Waals surface area contributed by atoms with Crippen LogP contribution >= 0.6 is 0 Å². The molecule has 0 saturated carbocycles. The van der Waals surface area contributed by atoms with Gasteiger partial charge in [0.05, 0.1) is 6.04 Å². The summed E-state index contributed by atoms with van der Waals surface area (Å²) in [6.45, 7) is 8.13. The lowest BCUT2D eigenvalue weighted by Gasteiger charge is -2.28. The highest BCUT2D eigenvalue weighted by Crippen LogP contribution is 2.16. The maximum Gasteiger partial charge on any atom is 0.242 e. The molecule has 22 heavy (non-hydrogen) atoms. The number of hydrogen-bond acceptors (Lipinski definition) is 3. The quantitative estimate of drug-likeness (QED) is 0.784. The second kappa shape index (κ2) is 6.48. The SMILES string of the molecule is CC(NC(=O)C1Cc2ccccc2CN1)C(=O)NC(C)(C)C. The summed E-state index contributed by atoms with van der Waals surface area (Å²) in [5.41, 5.74) is 2.11. The summed E-state index contributed by atoms with van der Waals surface area (Å²) in [7, 11) is 0. The van der Waals surface area contributed by atoms with Crippen molar-refractivity contribution in [3.05, 3.63) is 35.4 Å². The van der Waals surface area contributed by atoms with Crippen molar-refractivity contribution in [3.8, 4) is 0 Å². The van der Waals surface area contributed by atoms with Gasteiger partial charge in [-0.05, 0) is 45.2 Å². The van der Waals surface area contributed by atoms with Gasteiger partial charge >= 0.3 is 0 Å². The van der Waals surface area contributed by atoms with Crippen molar-refractivity contribution >= 4 is 11.8 Å². The summed E-state index contributed by atoms with van der Waals surface area (Å²) in [5, 5.41) is 8.88. The summed E-state index contributed by atoms with van der Waals surface area (Å²) in [6, 6.07) is 7.26. The Bertz CT molecular complexity index is 563. The normalized spacial score (nSPS) is 19.0. The van der Waals surface area contributed by atoms with Crippen LogP contribution in [0.5, 0.6) is 0 Å². The number of benzene rings is 1. The molecule has 5 heteroatoms. The molecule has 1 aromatic carbocycles. The van der Waals surface area contributed by atoms with E-state index in [1.807, 2.05) is 39.0 Å². The standard InChI is InChI=1S/C17H25N3O2/c1-11(15(21)20-17(2,3)4)19-16(22)14-9-12-7-5-6-8-13(12)10-18-14/h5-8,11,14,18H,9-10H2,1-4H3,(H,19,22)(H,20,21). The van der Waals surface area contributed by atoms with Crippen molar-refractivity contribution in [2.75, 3.05) is 0 Å². The van der Waals surface area contributed by atoms with Crippen molar-refractivity contribution in [2.24, 2.45) is 0 Å². The topological polar surface area (TPSA) is 70.2 Å². The van der Waals surface area contributed by atoms with Crippen LogP contribution in [0.3, 0.4) is 0 Å². The summed E-state index contributed by atoms with van der Waals surface area (Å²) in [5.74, 6) is -0.303. The Balaban J connectivity index is 1.92. The van der Waals surface area contributed by atoms with E-state index in [4.69, 9.17) is 0 Å². The first kappa shape index (κ1) is 16.5. The van der Waals surface area contributed by atoms with Gasteiger partial charge in [0.25, 0.3) is 0 Å². The van der Waals surface area contributed by atoms with Crippen molar-refractivity contribution in [3.63, 3.8) is 0 Å². The molecule has 0 radical (unpaired) electrons. The minimum absolute atomic E-state index is 0.133. The summed E-state index contributed by atoms with van der Waals surface area (Å²) in [6.07, 6.45) is 0.648. The van der Waals surface area contributed by atoms with E-state index in [0.717, 1.165) is 0 Å². The van der Waals surface area contributed by atoms with Crippen molar-refractivity contribution in [1.82, 2.24) is 16.0 Å². The predicted molar refractivity (Wildman–Crippen MR) is 86.3 cm³/mol. The van der Waals surface area contributed by atoms with Crippen LogP contribution in [-0.4, -0.2) is 29.4 Å². The van der Waals surface area contributed by atoms with Crippen LogP contribution in [0.4, 0.5) is 0 Å². The van der Waals surface area contributed by atoms with Gasteiger partial charge in [0, 0.05) is 12.1 Å². The largest absolute Gasteiger partial charge is 0.350 e. The third-order valence-corrected chi connectivity index (χ3v) is 3.65. The Hall–Kier alpha value is -1.88. The van der Waals surface area contributed by atoms with E-state index in [0.29, 0.717) is 13.0 Å². The molecule has 2 amide bonds. The summed E-state index contributed by atoms with van der Waals surface area (Å²) >= 11 is 0. The molecule has 0 fully saturated rings. The molecule has 0 spiro atoms. The molecule has 1 aliphatic rings. The maximum atomic E-state index is 12.3. The summed E-state index contributed by atoms with van der Waals surface area (Å²) < 4.78 is 0. The monoisotopic (exact) mass is 303 g/mol. The van der Waals surface area contributed by atoms with Gasteiger partial charge in [-0.2, -0.15) is 0 Å². The second-order valence-corrected chi connectivity index (χ2v) is 6.88. The average Bonchev–Trinajstić information content (AvgIpc) is 2.44. The van der Waals surface area contributed by atoms with Gasteiger partial charge in [0.2, 0.25) is 11.8 Å². The molecule has 2 atom stereocenters. The van der Waals surface area contributed by atoms with Gasteiger partial charge in [-0.25, -0.2) is 0 Å². The van der Waals surface area contributed by atoms with E-state index in [1.54, 1.807) is 6.92 Å². The minimum atomic E-state index is -0.550. The van der Waals surface area contributed by atoms with Crippen molar-refractivity contribution in [2.45, 2.75) is 58.3 Å². The molecule has 0 saturated heterocycles. The minimum Gasteiger partial charge on any atom is -0.350 e. The van der Waals surface area contributed by atoms with E-state index in [-0.39, 0.29) is 23.4 Å². The zero-order chi connectivity index (χ0) is 16.3. The van der Waals surface area contributed by atoms with Crippen LogP contribution in [0.15, 0.2) is 24.3 Å². The second-order valence-electron chi connectivity index (χ2n) is 6.88. The highest BCUT2D eigenvalue weighted by atomic mass is 16.2. The van der Waals surface area contributed by atoms with Crippen LogP contribution in [0.2, 0.25) is 0 Å². The van der Waals surface area contributed by atoms with Gasteiger partial charge in [0.1, 0.15) is 6.04 Å². The lowest BCUT2D eigenvalue weighted by molar-refractivity contribution is -0.130. The zero-order valence-electron chi connectivity index (χ0n) is 13.7. The molecule has 1 heterocycles. The van der Waals surface area contributed by atoms with Gasteiger partial charge in [0.15, 0.2) is 0 Å². The molecule has 0 aliphatic carbocycles. The van der Waals surface area contributed by atoms with E-state index in [9.17, 15) is 9.59 Å². The first-order valence-electron chi connectivity index (χ1n) is 7.69. The lowest BCUT2D eigenvalue weighted by atomic mass is 9.95. The smallest absolute Gasteiger partial charge is 0.242 e. The third-order valence-electron chi connectivity index (χ3n) is 3.65. The molecular formula is C17H25N3O2. The first-order chi connectivity index (χ1) is 10.3. The first-order valence-corrected chi connectivity index (χ1v) is 7.69. The molecule has 3 N–H and O–H groups in total. The molecule has 1 aromatic rings. The molecule has 0 aromatic heterocycles. The average molecular weight is 303 g/mol. The van der Waals surface area contributed by atoms with Crippen LogP contribution < -0.4 is 16.0 Å². The van der Waals surface area contributed by atoms with E-state index in [2.05, 4.69) is 22.0 Å². The van der Waals surface area contributed by atoms with E-state index >= 15 is 0 Å². The van der Waals surface area contributed by atoms with Crippen molar-refractivity contribution in [1.29, 1.82) is 0 Å².